The van der Waals surface area contributed by atoms with Gasteiger partial charge in [0.15, 0.2) is 0 Å². The molecule has 8 heteroatoms. The Morgan fingerprint density at radius 1 is 1.00 bits per heavy atom. The Bertz CT molecular complexity index is 1500. The lowest BCUT2D eigenvalue weighted by molar-refractivity contribution is -0.141. The SMILES string of the molecule is Cc1cc(C)cc(-c2[nH]c3sc(C(C)(C)CC4C5CCC4C(=O)N5)cc3c2CN2CCC(C(=O)N3CCOCC3)CC2)c1. The molecule has 7 rings (SSSR count). The number of fused-ring (bicyclic) bond motifs is 3. The summed E-state index contributed by atoms with van der Waals surface area (Å²) in [4.78, 5) is 36.7. The van der Waals surface area contributed by atoms with Gasteiger partial charge in [0.2, 0.25) is 11.8 Å². The number of carbonyl (C=O) groups excluding carboxylic acids is 2. The van der Waals surface area contributed by atoms with Crippen molar-refractivity contribution in [2.75, 3.05) is 39.4 Å². The van der Waals surface area contributed by atoms with Gasteiger partial charge in [-0.25, -0.2) is 0 Å². The van der Waals surface area contributed by atoms with Crippen LogP contribution in [0.15, 0.2) is 24.3 Å². The van der Waals surface area contributed by atoms with Gasteiger partial charge < -0.3 is 19.9 Å². The molecular formula is C35H46N4O3S. The number of nitrogens with one attached hydrogen (secondary N) is 2. The average Bonchev–Trinajstić information content (AvgIpc) is 3.73. The zero-order valence-corrected chi connectivity index (χ0v) is 26.9. The van der Waals surface area contributed by atoms with Crippen LogP contribution in [0, 0.1) is 31.6 Å². The van der Waals surface area contributed by atoms with Gasteiger partial charge in [-0.2, -0.15) is 0 Å². The van der Waals surface area contributed by atoms with E-state index < -0.39 is 0 Å². The first-order valence-electron chi connectivity index (χ1n) is 16.3. The summed E-state index contributed by atoms with van der Waals surface area (Å²) in [5, 5.41) is 4.57. The highest BCUT2D eigenvalue weighted by atomic mass is 32.1. The molecule has 3 saturated heterocycles. The highest BCUT2D eigenvalue weighted by Crippen LogP contribution is 2.48. The van der Waals surface area contributed by atoms with Gasteiger partial charge in [0, 0.05) is 53.3 Å². The van der Waals surface area contributed by atoms with E-state index in [1.165, 1.54) is 43.0 Å². The summed E-state index contributed by atoms with van der Waals surface area (Å²) in [6.45, 7) is 14.6. The molecular weight excluding hydrogens is 556 g/mol. The maximum Gasteiger partial charge on any atom is 0.225 e. The molecule has 2 N–H and O–H groups in total. The number of nitrogens with zero attached hydrogens (tertiary/aromatic N) is 2. The van der Waals surface area contributed by atoms with Crippen molar-refractivity contribution < 1.29 is 14.3 Å². The van der Waals surface area contributed by atoms with Crippen LogP contribution in [0.4, 0.5) is 0 Å². The van der Waals surface area contributed by atoms with Gasteiger partial charge in [-0.3, -0.25) is 14.5 Å². The first-order chi connectivity index (χ1) is 20.7. The smallest absolute Gasteiger partial charge is 0.225 e. The molecule has 3 unspecified atom stereocenters. The minimum Gasteiger partial charge on any atom is -0.378 e. The fraction of sp³-hybridized carbons (Fsp3) is 0.600. The summed E-state index contributed by atoms with van der Waals surface area (Å²) in [6, 6.07) is 9.62. The monoisotopic (exact) mass is 602 g/mol. The van der Waals surface area contributed by atoms with Gasteiger partial charge in [0.1, 0.15) is 4.83 Å². The zero-order chi connectivity index (χ0) is 29.9. The zero-order valence-electron chi connectivity index (χ0n) is 26.1. The lowest BCUT2D eigenvalue weighted by atomic mass is 9.78. The fourth-order valence-corrected chi connectivity index (χ4v) is 9.54. The Morgan fingerprint density at radius 3 is 2.37 bits per heavy atom. The number of hydrogen-bond donors (Lipinski definition) is 2. The van der Waals surface area contributed by atoms with Crippen LogP contribution in [0.25, 0.3) is 21.5 Å². The number of benzene rings is 1. The molecule has 1 aromatic carbocycles. The number of amides is 2. The van der Waals surface area contributed by atoms with E-state index in [1.54, 1.807) is 0 Å². The Labute approximate surface area is 259 Å². The maximum atomic E-state index is 13.2. The molecule has 5 heterocycles. The molecule has 3 aliphatic heterocycles. The van der Waals surface area contributed by atoms with Crippen LogP contribution in [0.2, 0.25) is 0 Å². The first kappa shape index (κ1) is 29.1. The molecule has 4 fully saturated rings. The molecule has 4 aliphatic rings. The van der Waals surface area contributed by atoms with Crippen LogP contribution >= 0.6 is 11.3 Å². The topological polar surface area (TPSA) is 77.7 Å². The number of aryl methyl sites for hydroxylation is 2. The number of piperidine rings is 2. The van der Waals surface area contributed by atoms with Crippen molar-refractivity contribution in [3.05, 3.63) is 45.8 Å². The third-order valence-corrected chi connectivity index (χ3v) is 12.1. The number of ether oxygens (including phenoxy) is 1. The predicted octanol–water partition coefficient (Wildman–Crippen LogP) is 5.78. The van der Waals surface area contributed by atoms with Crippen molar-refractivity contribution in [2.45, 2.75) is 77.8 Å². The quantitative estimate of drug-likeness (QED) is 0.360. The van der Waals surface area contributed by atoms with E-state index in [0.29, 0.717) is 31.1 Å². The van der Waals surface area contributed by atoms with E-state index >= 15 is 0 Å². The fourth-order valence-electron chi connectivity index (χ4n) is 8.33. The molecule has 43 heavy (non-hydrogen) atoms. The van der Waals surface area contributed by atoms with Crippen LogP contribution in [0.1, 0.15) is 67.5 Å². The van der Waals surface area contributed by atoms with Crippen molar-refractivity contribution in [1.82, 2.24) is 20.1 Å². The molecule has 2 aromatic heterocycles. The predicted molar refractivity (Wildman–Crippen MR) is 172 cm³/mol. The molecule has 1 saturated carbocycles. The third-order valence-electron chi connectivity index (χ3n) is 10.6. The molecule has 7 nitrogen and oxygen atoms in total. The number of likely N-dealkylation sites (tertiary alicyclic amines) is 1. The number of rotatable bonds is 7. The summed E-state index contributed by atoms with van der Waals surface area (Å²) in [5.41, 5.74) is 6.40. The van der Waals surface area contributed by atoms with Gasteiger partial charge in [0.05, 0.1) is 18.9 Å². The lowest BCUT2D eigenvalue weighted by Gasteiger charge is -2.35. The number of H-pyrrole nitrogens is 1. The summed E-state index contributed by atoms with van der Waals surface area (Å²) < 4.78 is 5.46. The highest BCUT2D eigenvalue weighted by Gasteiger charge is 2.49. The summed E-state index contributed by atoms with van der Waals surface area (Å²) in [6.07, 6.45) is 5.04. The maximum absolute atomic E-state index is 13.2. The van der Waals surface area contributed by atoms with Crippen molar-refractivity contribution in [3.63, 3.8) is 0 Å². The van der Waals surface area contributed by atoms with E-state index in [4.69, 9.17) is 4.74 Å². The molecule has 3 atom stereocenters. The number of morpholine rings is 1. The van der Waals surface area contributed by atoms with Gasteiger partial charge in [-0.1, -0.05) is 31.0 Å². The average molecular weight is 603 g/mol. The van der Waals surface area contributed by atoms with Gasteiger partial charge in [-0.05, 0) is 94.1 Å². The second-order valence-corrected chi connectivity index (χ2v) is 15.3. The minimum atomic E-state index is -0.00209. The van der Waals surface area contributed by atoms with E-state index in [-0.39, 0.29) is 23.2 Å². The number of aromatic amines is 1. The van der Waals surface area contributed by atoms with Gasteiger partial charge in [0.25, 0.3) is 0 Å². The largest absolute Gasteiger partial charge is 0.378 e. The van der Waals surface area contributed by atoms with Crippen molar-refractivity contribution >= 4 is 33.4 Å². The number of thiophene rings is 1. The Morgan fingerprint density at radius 2 is 1.72 bits per heavy atom. The van der Waals surface area contributed by atoms with Crippen molar-refractivity contribution in [1.29, 1.82) is 0 Å². The van der Waals surface area contributed by atoms with E-state index in [9.17, 15) is 9.59 Å². The lowest BCUT2D eigenvalue weighted by Crippen LogP contribution is -2.46. The van der Waals surface area contributed by atoms with Crippen LogP contribution in [-0.2, 0) is 26.3 Å². The second kappa shape index (κ2) is 11.4. The number of carbonyl (C=O) groups is 2. The summed E-state index contributed by atoms with van der Waals surface area (Å²) >= 11 is 1.89. The van der Waals surface area contributed by atoms with Gasteiger partial charge in [-0.15, -0.1) is 11.3 Å². The molecule has 2 amide bonds. The van der Waals surface area contributed by atoms with Crippen LogP contribution in [0.5, 0.6) is 0 Å². The van der Waals surface area contributed by atoms with Crippen LogP contribution in [-0.4, -0.2) is 72.0 Å². The first-order valence-corrected chi connectivity index (χ1v) is 17.1. The van der Waals surface area contributed by atoms with Crippen LogP contribution in [0.3, 0.4) is 0 Å². The minimum absolute atomic E-state index is 0.00209. The Kier molecular flexibility index (Phi) is 7.67. The molecule has 0 radical (unpaired) electrons. The van der Waals surface area contributed by atoms with Crippen molar-refractivity contribution in [3.8, 4) is 11.3 Å². The molecule has 0 spiro atoms. The molecule has 230 valence electrons. The van der Waals surface area contributed by atoms with Crippen molar-refractivity contribution in [2.24, 2.45) is 17.8 Å². The summed E-state index contributed by atoms with van der Waals surface area (Å²) in [7, 11) is 0. The highest BCUT2D eigenvalue weighted by molar-refractivity contribution is 7.18. The Balaban J connectivity index is 1.15. The Hall–Kier alpha value is -2.68. The van der Waals surface area contributed by atoms with E-state index in [1.807, 2.05) is 16.2 Å². The third kappa shape index (κ3) is 5.55. The number of aromatic nitrogens is 1. The van der Waals surface area contributed by atoms with E-state index in [2.05, 4.69) is 67.2 Å². The molecule has 3 aromatic rings. The van der Waals surface area contributed by atoms with Gasteiger partial charge >= 0.3 is 0 Å². The standard InChI is InChI=1S/C35H46N4O3S/c1-21-15-22(2)17-24(16-21)31-28(20-38-9-7-23(8-10-38)34(41)39-11-13-42-14-12-39)26-18-30(43-33(26)37-31)35(3,4)19-27-25-5-6-29(27)36-32(25)40/h15-18,23,25,27,29,37H,5-14,19-20H2,1-4H3,(H,36,40). The number of hydrogen-bond acceptors (Lipinski definition) is 5. The molecule has 1 aliphatic carbocycles. The molecule has 2 bridgehead atoms. The van der Waals surface area contributed by atoms with Crippen LogP contribution < -0.4 is 5.32 Å². The van der Waals surface area contributed by atoms with E-state index in [0.717, 1.165) is 64.8 Å². The summed E-state index contributed by atoms with van der Waals surface area (Å²) in [5.74, 6) is 1.35. The second-order valence-electron chi connectivity index (χ2n) is 14.2. The normalized spacial score (nSPS) is 25.2.